The number of carbonyl (C=O) groups is 2. The maximum absolute atomic E-state index is 11.6. The molecule has 0 bridgehead atoms. The van der Waals surface area contributed by atoms with Crippen LogP contribution in [0.1, 0.15) is 20.3 Å². The molecule has 0 aromatic rings. The van der Waals surface area contributed by atoms with E-state index in [1.165, 1.54) is 0 Å². The molecule has 0 aromatic heterocycles. The number of hydrogen-bond donors (Lipinski definition) is 2. The van der Waals surface area contributed by atoms with Crippen LogP contribution >= 0.6 is 0 Å². The number of ether oxygens (including phenoxy) is 1. The Morgan fingerprint density at radius 1 is 1.50 bits per heavy atom. The molecule has 0 spiro atoms. The molecule has 0 saturated carbocycles. The Morgan fingerprint density at radius 2 is 2.22 bits per heavy atom. The van der Waals surface area contributed by atoms with Gasteiger partial charge in [0, 0.05) is 6.54 Å². The van der Waals surface area contributed by atoms with Crippen molar-refractivity contribution in [3.05, 3.63) is 0 Å². The second-order valence-corrected chi connectivity index (χ2v) is 4.77. The Hall–Kier alpha value is -1.14. The van der Waals surface area contributed by atoms with E-state index in [1.807, 2.05) is 4.90 Å². The summed E-state index contributed by atoms with van der Waals surface area (Å²) in [6.45, 7) is 6.69. The number of piperidine rings is 1. The maximum Gasteiger partial charge on any atom is 0.413 e. The van der Waals surface area contributed by atoms with Gasteiger partial charge in [-0.25, -0.2) is 4.79 Å². The molecule has 1 aliphatic heterocycles. The first-order valence-corrected chi connectivity index (χ1v) is 6.45. The molecule has 0 aromatic carbocycles. The van der Waals surface area contributed by atoms with Crippen molar-refractivity contribution >= 4 is 12.0 Å². The van der Waals surface area contributed by atoms with Crippen LogP contribution in [-0.2, 0) is 9.53 Å². The predicted octanol–water partition coefficient (Wildman–Crippen LogP) is 0.176. The zero-order valence-electron chi connectivity index (χ0n) is 11.1. The topological polar surface area (TPSA) is 84.7 Å². The minimum atomic E-state index is -0.678. The van der Waals surface area contributed by atoms with Crippen LogP contribution in [0.2, 0.25) is 0 Å². The number of nitrogens with one attached hydrogen (secondary N) is 1. The SMILES string of the molecule is CCOC(=O)NC(=O)CN1CCC(C)C(CN)C1. The maximum atomic E-state index is 11.6. The number of nitrogens with two attached hydrogens (primary N) is 1. The van der Waals surface area contributed by atoms with Crippen molar-refractivity contribution in [1.82, 2.24) is 10.2 Å². The number of hydrogen-bond acceptors (Lipinski definition) is 5. The summed E-state index contributed by atoms with van der Waals surface area (Å²) in [5, 5.41) is 2.20. The number of nitrogens with zero attached hydrogens (tertiary/aromatic N) is 1. The lowest BCUT2D eigenvalue weighted by Crippen LogP contribution is -2.47. The van der Waals surface area contributed by atoms with Crippen molar-refractivity contribution in [1.29, 1.82) is 0 Å². The van der Waals surface area contributed by atoms with Gasteiger partial charge in [-0.1, -0.05) is 6.92 Å². The summed E-state index contributed by atoms with van der Waals surface area (Å²) in [6.07, 6.45) is 0.359. The molecule has 1 rings (SSSR count). The fraction of sp³-hybridized carbons (Fsp3) is 0.833. The summed E-state index contributed by atoms with van der Waals surface area (Å²) in [5.41, 5.74) is 5.71. The van der Waals surface area contributed by atoms with E-state index < -0.39 is 6.09 Å². The predicted molar refractivity (Wildman–Crippen MR) is 67.9 cm³/mol. The van der Waals surface area contributed by atoms with Crippen molar-refractivity contribution in [3.63, 3.8) is 0 Å². The molecule has 6 heteroatoms. The Bertz CT molecular complexity index is 296. The summed E-state index contributed by atoms with van der Waals surface area (Å²) in [7, 11) is 0. The fourth-order valence-corrected chi connectivity index (χ4v) is 2.20. The van der Waals surface area contributed by atoms with E-state index in [2.05, 4.69) is 17.0 Å². The van der Waals surface area contributed by atoms with Crippen LogP contribution in [0, 0.1) is 11.8 Å². The average molecular weight is 257 g/mol. The molecular formula is C12H23N3O3. The van der Waals surface area contributed by atoms with Gasteiger partial charge >= 0.3 is 6.09 Å². The molecule has 104 valence electrons. The van der Waals surface area contributed by atoms with Crippen molar-refractivity contribution in [2.45, 2.75) is 20.3 Å². The lowest BCUT2D eigenvalue weighted by atomic mass is 9.87. The van der Waals surface area contributed by atoms with Gasteiger partial charge in [-0.2, -0.15) is 0 Å². The molecule has 2 atom stereocenters. The van der Waals surface area contributed by atoms with Gasteiger partial charge in [0.2, 0.25) is 5.91 Å². The van der Waals surface area contributed by atoms with E-state index in [4.69, 9.17) is 5.73 Å². The van der Waals surface area contributed by atoms with Gasteiger partial charge in [0.15, 0.2) is 0 Å². The number of carbonyl (C=O) groups excluding carboxylic acids is 2. The molecule has 1 aliphatic rings. The minimum Gasteiger partial charge on any atom is -0.450 e. The van der Waals surface area contributed by atoms with Crippen LogP contribution in [0.15, 0.2) is 0 Å². The van der Waals surface area contributed by atoms with Gasteiger partial charge in [-0.15, -0.1) is 0 Å². The van der Waals surface area contributed by atoms with E-state index >= 15 is 0 Å². The van der Waals surface area contributed by atoms with Gasteiger partial charge in [0.1, 0.15) is 0 Å². The smallest absolute Gasteiger partial charge is 0.413 e. The molecule has 2 amide bonds. The molecule has 0 aliphatic carbocycles. The van der Waals surface area contributed by atoms with Gasteiger partial charge in [-0.05, 0) is 38.3 Å². The van der Waals surface area contributed by atoms with Crippen molar-refractivity contribution in [2.75, 3.05) is 32.8 Å². The van der Waals surface area contributed by atoms with Crippen LogP contribution in [0.4, 0.5) is 4.79 Å². The lowest BCUT2D eigenvalue weighted by Gasteiger charge is -2.35. The van der Waals surface area contributed by atoms with E-state index in [0.717, 1.165) is 19.5 Å². The van der Waals surface area contributed by atoms with Crippen LogP contribution in [0.5, 0.6) is 0 Å². The zero-order chi connectivity index (χ0) is 13.5. The second kappa shape index (κ2) is 7.33. The molecule has 3 N–H and O–H groups in total. The van der Waals surface area contributed by atoms with Crippen LogP contribution in [0.25, 0.3) is 0 Å². The van der Waals surface area contributed by atoms with E-state index in [9.17, 15) is 9.59 Å². The first-order valence-electron chi connectivity index (χ1n) is 6.45. The zero-order valence-corrected chi connectivity index (χ0v) is 11.1. The first-order chi connectivity index (χ1) is 8.56. The van der Waals surface area contributed by atoms with E-state index in [1.54, 1.807) is 6.92 Å². The average Bonchev–Trinajstić information content (AvgIpc) is 2.31. The molecule has 1 heterocycles. The van der Waals surface area contributed by atoms with Gasteiger partial charge in [0.25, 0.3) is 0 Å². The monoisotopic (exact) mass is 257 g/mol. The number of amides is 2. The molecule has 6 nitrogen and oxygen atoms in total. The Morgan fingerprint density at radius 3 is 2.83 bits per heavy atom. The minimum absolute atomic E-state index is 0.224. The lowest BCUT2D eigenvalue weighted by molar-refractivity contribution is -0.122. The molecule has 2 unspecified atom stereocenters. The van der Waals surface area contributed by atoms with Gasteiger partial charge < -0.3 is 10.5 Å². The fourth-order valence-electron chi connectivity index (χ4n) is 2.20. The molecule has 18 heavy (non-hydrogen) atoms. The third-order valence-electron chi connectivity index (χ3n) is 3.38. The summed E-state index contributed by atoms with van der Waals surface area (Å²) < 4.78 is 4.65. The highest BCUT2D eigenvalue weighted by atomic mass is 16.5. The van der Waals surface area contributed by atoms with Crippen LogP contribution < -0.4 is 11.1 Å². The highest BCUT2D eigenvalue weighted by molar-refractivity contribution is 5.92. The normalized spacial score (nSPS) is 24.6. The Labute approximate surface area is 108 Å². The Balaban J connectivity index is 2.34. The summed E-state index contributed by atoms with van der Waals surface area (Å²) in [5.74, 6) is 0.701. The number of imide groups is 1. The highest BCUT2D eigenvalue weighted by Gasteiger charge is 2.26. The summed E-state index contributed by atoms with van der Waals surface area (Å²) in [4.78, 5) is 24.7. The van der Waals surface area contributed by atoms with Gasteiger partial charge in [0.05, 0.1) is 13.2 Å². The van der Waals surface area contributed by atoms with Gasteiger partial charge in [-0.3, -0.25) is 15.0 Å². The standard InChI is InChI=1S/C12H23N3O3/c1-3-18-12(17)14-11(16)8-15-5-4-9(2)10(6-13)7-15/h9-10H,3-8,13H2,1-2H3,(H,14,16,17). The molecule has 1 fully saturated rings. The number of likely N-dealkylation sites (tertiary alicyclic amines) is 1. The molecule has 0 radical (unpaired) electrons. The second-order valence-electron chi connectivity index (χ2n) is 4.77. The van der Waals surface area contributed by atoms with E-state index in [-0.39, 0.29) is 19.1 Å². The third-order valence-corrected chi connectivity index (χ3v) is 3.38. The van der Waals surface area contributed by atoms with Crippen LogP contribution in [0.3, 0.4) is 0 Å². The van der Waals surface area contributed by atoms with Crippen molar-refractivity contribution in [3.8, 4) is 0 Å². The molecule has 1 saturated heterocycles. The first kappa shape index (κ1) is 14.9. The van der Waals surface area contributed by atoms with Crippen molar-refractivity contribution in [2.24, 2.45) is 17.6 Å². The third kappa shape index (κ3) is 4.62. The highest BCUT2D eigenvalue weighted by Crippen LogP contribution is 2.21. The largest absolute Gasteiger partial charge is 0.450 e. The van der Waals surface area contributed by atoms with E-state index in [0.29, 0.717) is 18.4 Å². The molecular weight excluding hydrogens is 234 g/mol. The summed E-state index contributed by atoms with van der Waals surface area (Å²) in [6, 6.07) is 0. The number of alkyl carbamates (subject to hydrolysis) is 1. The quantitative estimate of drug-likeness (QED) is 0.750. The number of rotatable bonds is 4. The Kier molecular flexibility index (Phi) is 6.07. The summed E-state index contributed by atoms with van der Waals surface area (Å²) >= 11 is 0. The van der Waals surface area contributed by atoms with Crippen LogP contribution in [-0.4, -0.2) is 49.7 Å². The van der Waals surface area contributed by atoms with Crippen molar-refractivity contribution < 1.29 is 14.3 Å².